The Morgan fingerprint density at radius 3 is 0.783 bits per heavy atom. The third-order valence-corrected chi connectivity index (χ3v) is 27.9. The molecule has 0 unspecified atom stereocenters. The summed E-state index contributed by atoms with van der Waals surface area (Å²) < 4.78 is 109. The first-order chi connectivity index (χ1) is 62.3. The maximum Gasteiger partial charge on any atom is 0.534 e. The number of rotatable bonds is 10. The molecule has 0 aliphatic carbocycles. The topological polar surface area (TPSA) is 108 Å². The van der Waals surface area contributed by atoms with Gasteiger partial charge < -0.3 is 37.0 Å². The highest BCUT2D eigenvalue weighted by atomic mass is 32.2. The first-order valence-corrected chi connectivity index (χ1v) is 44.7. The molecule has 628 valence electrons. The Hall–Kier alpha value is -14.1. The summed E-state index contributed by atoms with van der Waals surface area (Å²) in [4.78, 5) is 0. The van der Waals surface area contributed by atoms with Crippen molar-refractivity contribution >= 4 is 111 Å². The Labute approximate surface area is 746 Å². The van der Waals surface area contributed by atoms with Gasteiger partial charge in [-0.05, 0) is 246 Å². The molecule has 0 aromatic heterocycles. The molecule has 0 saturated carbocycles. The fourth-order valence-corrected chi connectivity index (χ4v) is 19.6. The lowest BCUT2D eigenvalue weighted by atomic mass is 9.77. The zero-order valence-corrected chi connectivity index (χ0v) is 72.7. The summed E-state index contributed by atoms with van der Waals surface area (Å²) >= 11 is 0. The van der Waals surface area contributed by atoms with Crippen LogP contribution in [0.4, 0.5) is 13.2 Å². The normalized spacial score (nSPS) is 15.1. The van der Waals surface area contributed by atoms with Crippen LogP contribution in [0.5, 0.6) is 40.2 Å². The SMILES string of the molecule is CC1(C)OB(c2ccc(-c3c4ccccc4c(-c4ccc(B5OC(C)(C)C(C)(C)O5)cc4)c4ccccc34)cc2)OC1(C)C.O=S(=O)(Oc1ccc2c3c(cccc13)-c1ccccc1O2)C(F)(F)F.c1ccc2c(c1)Oc1ccc(-c3ccc(-c4c5ccccc5c(-c5ccc(-c6ccc7c8c(cccc68)-c6ccccc6O7)cc5)c5ccccc45)cc3)c3cccc-2c13. The van der Waals surface area contributed by atoms with Crippen molar-refractivity contribution in [2.45, 2.75) is 83.3 Å². The summed E-state index contributed by atoms with van der Waals surface area (Å²) in [5.41, 5.74) is 15.7. The van der Waals surface area contributed by atoms with Crippen LogP contribution in [0.1, 0.15) is 55.4 Å². The van der Waals surface area contributed by atoms with Gasteiger partial charge in [-0.3, -0.25) is 0 Å². The Kier molecular flexibility index (Phi) is 19.1. The Balaban J connectivity index is 0.000000124. The minimum atomic E-state index is -5.76. The quantitative estimate of drug-likeness (QED) is 0.0568. The fraction of sp³-hybridized carbons (Fsp3) is 0.115. The van der Waals surface area contributed by atoms with Gasteiger partial charge in [-0.15, -0.1) is 0 Å². The lowest BCUT2D eigenvalue weighted by Gasteiger charge is -2.32. The molecule has 0 atom stereocenters. The smallest absolute Gasteiger partial charge is 0.456 e. The van der Waals surface area contributed by atoms with E-state index in [1.165, 1.54) is 155 Å². The van der Waals surface area contributed by atoms with Gasteiger partial charge in [0.15, 0.2) is 5.75 Å². The van der Waals surface area contributed by atoms with Crippen molar-refractivity contribution in [2.75, 3.05) is 0 Å². The molecule has 10 nitrogen and oxygen atoms in total. The molecule has 0 bridgehead atoms. The summed E-state index contributed by atoms with van der Waals surface area (Å²) in [7, 11) is -6.53. The van der Waals surface area contributed by atoms with E-state index in [-0.39, 0.29) is 42.0 Å². The van der Waals surface area contributed by atoms with E-state index < -0.39 is 21.4 Å². The second-order valence-electron chi connectivity index (χ2n) is 35.5. The largest absolute Gasteiger partial charge is 0.534 e. The van der Waals surface area contributed by atoms with E-state index in [4.69, 9.17) is 32.8 Å². The van der Waals surface area contributed by atoms with Crippen LogP contribution in [-0.2, 0) is 28.7 Å². The standard InChI is InChI=1S/C58H34O2.C38H40B2O4.C17H9F3O4S/c1-2-14-48-47(13-1)55(37-27-23-35(24-28-37)39-31-33-53-57-43(39)17-9-19-45(57)41-11-5-7-21-51(41)59-53)49-15-3-4-16-50(49)56(48)38-29-25-36(26-30-38)40-32-34-54-58-44(40)18-10-20-46(58)42-12-6-8-22-52(42)60-54;1-35(2)36(3,4)42-39(41-35)27-21-17-25(18-22-27)33-29-13-9-11-15-31(29)34(32-16-12-10-14-30(32)33)26-19-23-28(24-20-26)40-43-37(5,6)38(7,8)44-40;18-17(19,20)25(21,22)24-14-8-9-15-16-11(5-3-6-12(14)16)10-4-1-2-7-13(10)23-15/h1-34H;9-24H,1-8H3;1-9H. The molecule has 19 aromatic rings. The van der Waals surface area contributed by atoms with Gasteiger partial charge in [0.1, 0.15) is 34.5 Å². The molecular weight excluding hydrogens is 1630 g/mol. The number of hydrogen-bond donors (Lipinski definition) is 0. The lowest BCUT2D eigenvalue weighted by Crippen LogP contribution is -2.41. The van der Waals surface area contributed by atoms with Crippen LogP contribution in [0.3, 0.4) is 0 Å². The van der Waals surface area contributed by atoms with Crippen LogP contribution in [0.2, 0.25) is 0 Å². The minimum absolute atomic E-state index is 0.220. The predicted octanol–water partition coefficient (Wildman–Crippen LogP) is 29.3. The summed E-state index contributed by atoms with van der Waals surface area (Å²) in [6, 6.07) is 124. The van der Waals surface area contributed by atoms with E-state index in [1.54, 1.807) is 30.3 Å². The second kappa shape index (κ2) is 30.6. The van der Waals surface area contributed by atoms with E-state index in [1.807, 2.05) is 30.3 Å². The van der Waals surface area contributed by atoms with Crippen LogP contribution in [0.15, 0.2) is 358 Å². The van der Waals surface area contributed by atoms with Crippen LogP contribution in [-0.4, -0.2) is 50.6 Å². The Morgan fingerprint density at radius 2 is 0.481 bits per heavy atom. The molecule has 2 fully saturated rings. The number of halogens is 3. The molecular formula is C113H83B2F3O10S. The first kappa shape index (κ1) is 80.7. The van der Waals surface area contributed by atoms with Crippen LogP contribution >= 0.6 is 0 Å². The fourth-order valence-electron chi connectivity index (χ4n) is 19.2. The average Bonchev–Trinajstić information content (AvgIpc) is 1.50. The maximum absolute atomic E-state index is 12.6. The Morgan fingerprint density at radius 1 is 0.240 bits per heavy atom. The highest BCUT2D eigenvalue weighted by molar-refractivity contribution is 7.88. The first-order valence-electron chi connectivity index (χ1n) is 43.3. The molecule has 0 amide bonds. The summed E-state index contributed by atoms with van der Waals surface area (Å²) in [6.07, 6.45) is 0. The third kappa shape index (κ3) is 13.6. The van der Waals surface area contributed by atoms with Crippen molar-refractivity contribution in [3.63, 3.8) is 0 Å². The van der Waals surface area contributed by atoms with Gasteiger partial charge in [-0.1, -0.05) is 315 Å². The van der Waals surface area contributed by atoms with E-state index in [2.05, 4.69) is 339 Å². The van der Waals surface area contributed by atoms with Crippen molar-refractivity contribution in [2.24, 2.45) is 0 Å². The third-order valence-electron chi connectivity index (χ3n) is 26.9. The number of fused-ring (bicyclic) bond motifs is 10. The van der Waals surface area contributed by atoms with E-state index in [0.29, 0.717) is 16.9 Å². The number of ether oxygens (including phenoxy) is 3. The molecule has 5 heterocycles. The molecule has 0 radical (unpaired) electrons. The number of alkyl halides is 3. The number of hydrogen-bond acceptors (Lipinski definition) is 10. The van der Waals surface area contributed by atoms with Crippen molar-refractivity contribution < 1.29 is 58.6 Å². The van der Waals surface area contributed by atoms with Crippen molar-refractivity contribution in [1.82, 2.24) is 0 Å². The number of benzene rings is 19. The van der Waals surface area contributed by atoms with Crippen molar-refractivity contribution in [3.8, 4) is 140 Å². The van der Waals surface area contributed by atoms with Crippen LogP contribution < -0.4 is 29.3 Å². The van der Waals surface area contributed by atoms with Gasteiger partial charge >= 0.3 is 29.9 Å². The van der Waals surface area contributed by atoms with Gasteiger partial charge in [-0.2, -0.15) is 21.6 Å². The lowest BCUT2D eigenvalue weighted by molar-refractivity contribution is -0.0499. The molecule has 0 spiro atoms. The monoisotopic (exact) mass is 1710 g/mol. The molecule has 0 N–H and O–H groups in total. The van der Waals surface area contributed by atoms with E-state index in [9.17, 15) is 21.6 Å². The average molecular weight is 1710 g/mol. The van der Waals surface area contributed by atoms with Gasteiger partial charge in [-0.25, -0.2) is 0 Å². The molecule has 2 saturated heterocycles. The summed E-state index contributed by atoms with van der Waals surface area (Å²) in [5.74, 6) is 4.25. The van der Waals surface area contributed by atoms with Crippen molar-refractivity contribution in [3.05, 3.63) is 358 Å². The summed E-state index contributed by atoms with van der Waals surface area (Å²) in [5, 5.41) is 15.3. The van der Waals surface area contributed by atoms with Crippen LogP contribution in [0, 0.1) is 0 Å². The Bertz CT molecular complexity index is 7430. The highest BCUT2D eigenvalue weighted by Crippen LogP contribution is 2.55. The summed E-state index contributed by atoms with van der Waals surface area (Å²) in [6.45, 7) is 16.7. The zero-order chi connectivity index (χ0) is 88.2. The van der Waals surface area contributed by atoms with E-state index in [0.717, 1.165) is 62.2 Å². The van der Waals surface area contributed by atoms with Gasteiger partial charge in [0.25, 0.3) is 0 Å². The minimum Gasteiger partial charge on any atom is -0.456 e. The predicted molar refractivity (Wildman–Crippen MR) is 518 cm³/mol. The zero-order valence-electron chi connectivity index (χ0n) is 71.8. The highest BCUT2D eigenvalue weighted by Gasteiger charge is 2.53. The molecule has 16 heteroatoms. The maximum atomic E-state index is 12.6. The van der Waals surface area contributed by atoms with Gasteiger partial charge in [0.2, 0.25) is 0 Å². The van der Waals surface area contributed by atoms with Crippen LogP contribution in [0.25, 0.3) is 176 Å². The molecule has 5 aliphatic heterocycles. The molecule has 5 aliphatic rings. The molecule has 129 heavy (non-hydrogen) atoms. The van der Waals surface area contributed by atoms with E-state index >= 15 is 0 Å². The van der Waals surface area contributed by atoms with Gasteiger partial charge in [0, 0.05) is 38.2 Å². The molecule has 19 aromatic carbocycles. The van der Waals surface area contributed by atoms with Crippen molar-refractivity contribution in [1.29, 1.82) is 0 Å². The second-order valence-corrected chi connectivity index (χ2v) is 37.0. The van der Waals surface area contributed by atoms with Gasteiger partial charge in [0.05, 0.1) is 22.4 Å². The molecule has 24 rings (SSSR count). The number of para-hydroxylation sites is 3.